The second-order valence-electron chi connectivity index (χ2n) is 5.42. The standard InChI is InChI=1S/C17H26N2O2/c1-3-11-19-15-9-8-14-13(15)6-5-7-16(14)21-12-10-17(20)18-4-2/h5-7,15,19H,3-4,8-12H2,1-2H3,(H,18,20). The monoisotopic (exact) mass is 290 g/mol. The van der Waals surface area contributed by atoms with Crippen LogP contribution in [0.3, 0.4) is 0 Å². The Labute approximate surface area is 127 Å². The Balaban J connectivity index is 1.93. The molecule has 2 rings (SSSR count). The van der Waals surface area contributed by atoms with Gasteiger partial charge in [0.15, 0.2) is 0 Å². The van der Waals surface area contributed by atoms with Gasteiger partial charge in [0.1, 0.15) is 5.75 Å². The number of carbonyl (C=O) groups is 1. The summed E-state index contributed by atoms with van der Waals surface area (Å²) in [6, 6.07) is 6.70. The Morgan fingerprint density at radius 1 is 1.38 bits per heavy atom. The van der Waals surface area contributed by atoms with Gasteiger partial charge in [0, 0.05) is 12.6 Å². The maximum atomic E-state index is 11.4. The van der Waals surface area contributed by atoms with Crippen LogP contribution in [-0.4, -0.2) is 25.6 Å². The van der Waals surface area contributed by atoms with Gasteiger partial charge < -0.3 is 15.4 Å². The number of hydrogen-bond acceptors (Lipinski definition) is 3. The normalized spacial score (nSPS) is 16.6. The van der Waals surface area contributed by atoms with Crippen LogP contribution in [0.4, 0.5) is 0 Å². The topological polar surface area (TPSA) is 50.4 Å². The minimum atomic E-state index is 0.0487. The highest BCUT2D eigenvalue weighted by Gasteiger charge is 2.24. The molecule has 0 fully saturated rings. The Morgan fingerprint density at radius 2 is 2.24 bits per heavy atom. The van der Waals surface area contributed by atoms with Crippen molar-refractivity contribution in [1.29, 1.82) is 0 Å². The van der Waals surface area contributed by atoms with E-state index in [0.717, 1.165) is 31.6 Å². The van der Waals surface area contributed by atoms with Gasteiger partial charge >= 0.3 is 0 Å². The number of ether oxygens (including phenoxy) is 1. The molecular formula is C17H26N2O2. The summed E-state index contributed by atoms with van der Waals surface area (Å²) in [6.07, 6.45) is 3.74. The Hall–Kier alpha value is -1.55. The van der Waals surface area contributed by atoms with Gasteiger partial charge in [-0.2, -0.15) is 0 Å². The first-order valence-corrected chi connectivity index (χ1v) is 8.00. The van der Waals surface area contributed by atoms with Gasteiger partial charge in [-0.15, -0.1) is 0 Å². The minimum absolute atomic E-state index is 0.0487. The molecule has 0 saturated heterocycles. The highest BCUT2D eigenvalue weighted by molar-refractivity contribution is 5.75. The van der Waals surface area contributed by atoms with E-state index in [1.165, 1.54) is 11.1 Å². The molecule has 0 radical (unpaired) electrons. The van der Waals surface area contributed by atoms with Crippen molar-refractivity contribution in [1.82, 2.24) is 10.6 Å². The molecule has 1 aliphatic carbocycles. The third kappa shape index (κ3) is 4.21. The third-order valence-corrected chi connectivity index (χ3v) is 3.83. The van der Waals surface area contributed by atoms with E-state index in [1.807, 2.05) is 19.1 Å². The lowest BCUT2D eigenvalue weighted by Crippen LogP contribution is -2.24. The molecule has 116 valence electrons. The maximum Gasteiger partial charge on any atom is 0.223 e. The summed E-state index contributed by atoms with van der Waals surface area (Å²) >= 11 is 0. The fraction of sp³-hybridized carbons (Fsp3) is 0.588. The van der Waals surface area contributed by atoms with Crippen molar-refractivity contribution in [3.05, 3.63) is 29.3 Å². The van der Waals surface area contributed by atoms with E-state index in [-0.39, 0.29) is 5.91 Å². The molecule has 21 heavy (non-hydrogen) atoms. The summed E-state index contributed by atoms with van der Waals surface area (Å²) in [5, 5.41) is 6.37. The molecular weight excluding hydrogens is 264 g/mol. The van der Waals surface area contributed by atoms with Crippen LogP contribution in [-0.2, 0) is 11.2 Å². The summed E-state index contributed by atoms with van der Waals surface area (Å²) < 4.78 is 5.83. The number of benzene rings is 1. The number of rotatable bonds is 8. The molecule has 0 bridgehead atoms. The van der Waals surface area contributed by atoms with Crippen LogP contribution in [0.25, 0.3) is 0 Å². The second-order valence-corrected chi connectivity index (χ2v) is 5.42. The van der Waals surface area contributed by atoms with Gasteiger partial charge in [-0.1, -0.05) is 19.1 Å². The van der Waals surface area contributed by atoms with Crippen molar-refractivity contribution in [2.75, 3.05) is 19.7 Å². The number of amides is 1. The average molecular weight is 290 g/mol. The van der Waals surface area contributed by atoms with Crippen LogP contribution in [0.2, 0.25) is 0 Å². The van der Waals surface area contributed by atoms with E-state index < -0.39 is 0 Å². The molecule has 0 heterocycles. The van der Waals surface area contributed by atoms with Crippen molar-refractivity contribution >= 4 is 5.91 Å². The van der Waals surface area contributed by atoms with Crippen LogP contribution >= 0.6 is 0 Å². The maximum absolute atomic E-state index is 11.4. The first-order chi connectivity index (χ1) is 10.3. The van der Waals surface area contributed by atoms with Gasteiger partial charge in [-0.25, -0.2) is 0 Å². The van der Waals surface area contributed by atoms with E-state index in [0.29, 0.717) is 25.6 Å². The van der Waals surface area contributed by atoms with Gasteiger partial charge in [0.25, 0.3) is 0 Å². The lowest BCUT2D eigenvalue weighted by molar-refractivity contribution is -0.121. The Bertz CT molecular complexity index is 474. The first kappa shape index (κ1) is 15.8. The molecule has 1 aromatic carbocycles. The van der Waals surface area contributed by atoms with Crippen LogP contribution in [0, 0.1) is 0 Å². The van der Waals surface area contributed by atoms with E-state index in [4.69, 9.17) is 4.74 Å². The van der Waals surface area contributed by atoms with Crippen molar-refractivity contribution in [3.63, 3.8) is 0 Å². The van der Waals surface area contributed by atoms with E-state index in [9.17, 15) is 4.79 Å². The number of fused-ring (bicyclic) bond motifs is 1. The quantitative estimate of drug-likeness (QED) is 0.773. The summed E-state index contributed by atoms with van der Waals surface area (Å²) in [4.78, 5) is 11.4. The van der Waals surface area contributed by atoms with E-state index >= 15 is 0 Å². The molecule has 1 aliphatic rings. The predicted molar refractivity (Wildman–Crippen MR) is 84.6 cm³/mol. The molecule has 4 heteroatoms. The SMILES string of the molecule is CCCNC1CCc2c(OCCC(=O)NCC)cccc21. The highest BCUT2D eigenvalue weighted by Crippen LogP contribution is 2.36. The zero-order valence-corrected chi connectivity index (χ0v) is 13.1. The Kier molecular flexibility index (Phi) is 6.05. The number of carbonyl (C=O) groups excluding carboxylic acids is 1. The lowest BCUT2D eigenvalue weighted by atomic mass is 10.1. The highest BCUT2D eigenvalue weighted by atomic mass is 16.5. The van der Waals surface area contributed by atoms with E-state index in [2.05, 4.69) is 23.6 Å². The molecule has 1 atom stereocenters. The van der Waals surface area contributed by atoms with Crippen molar-refractivity contribution in [3.8, 4) is 5.75 Å². The largest absolute Gasteiger partial charge is 0.493 e. The molecule has 0 spiro atoms. The second kappa shape index (κ2) is 8.03. The van der Waals surface area contributed by atoms with Gasteiger partial charge in [0.2, 0.25) is 5.91 Å². The number of nitrogens with one attached hydrogen (secondary N) is 2. The van der Waals surface area contributed by atoms with Crippen molar-refractivity contribution < 1.29 is 9.53 Å². The lowest BCUT2D eigenvalue weighted by Gasteiger charge is -2.14. The van der Waals surface area contributed by atoms with Crippen LogP contribution < -0.4 is 15.4 Å². The molecule has 0 saturated carbocycles. The fourth-order valence-electron chi connectivity index (χ4n) is 2.83. The fourth-order valence-corrected chi connectivity index (χ4v) is 2.83. The molecule has 0 aliphatic heterocycles. The molecule has 1 amide bonds. The Morgan fingerprint density at radius 3 is 3.00 bits per heavy atom. The zero-order chi connectivity index (χ0) is 15.1. The molecule has 0 aromatic heterocycles. The van der Waals surface area contributed by atoms with Crippen LogP contribution in [0.1, 0.15) is 50.3 Å². The first-order valence-electron chi connectivity index (χ1n) is 8.00. The third-order valence-electron chi connectivity index (χ3n) is 3.83. The zero-order valence-electron chi connectivity index (χ0n) is 13.1. The summed E-state index contributed by atoms with van der Waals surface area (Å²) in [5.41, 5.74) is 2.67. The molecule has 4 nitrogen and oxygen atoms in total. The smallest absolute Gasteiger partial charge is 0.223 e. The van der Waals surface area contributed by atoms with Gasteiger partial charge in [-0.3, -0.25) is 4.79 Å². The van der Waals surface area contributed by atoms with Gasteiger partial charge in [-0.05, 0) is 49.9 Å². The predicted octanol–water partition coefficient (Wildman–Crippen LogP) is 2.58. The minimum Gasteiger partial charge on any atom is -0.493 e. The van der Waals surface area contributed by atoms with E-state index in [1.54, 1.807) is 0 Å². The van der Waals surface area contributed by atoms with Gasteiger partial charge in [0.05, 0.1) is 13.0 Å². The summed E-state index contributed by atoms with van der Waals surface area (Å²) in [5.74, 6) is 0.991. The summed E-state index contributed by atoms with van der Waals surface area (Å²) in [7, 11) is 0. The van der Waals surface area contributed by atoms with Crippen LogP contribution in [0.5, 0.6) is 5.75 Å². The molecule has 1 unspecified atom stereocenters. The van der Waals surface area contributed by atoms with Crippen LogP contribution in [0.15, 0.2) is 18.2 Å². The summed E-state index contributed by atoms with van der Waals surface area (Å²) in [6.45, 7) is 6.27. The average Bonchev–Trinajstić information content (AvgIpc) is 2.89. The molecule has 1 aromatic rings. The van der Waals surface area contributed by atoms with Crippen molar-refractivity contribution in [2.45, 2.75) is 45.6 Å². The number of hydrogen-bond donors (Lipinski definition) is 2. The van der Waals surface area contributed by atoms with Crippen molar-refractivity contribution in [2.24, 2.45) is 0 Å². The molecule has 2 N–H and O–H groups in total.